The van der Waals surface area contributed by atoms with Gasteiger partial charge in [-0.3, -0.25) is 0 Å². The fourth-order valence-electron chi connectivity index (χ4n) is 4.31. The number of hydrogen-bond donors (Lipinski definition) is 1. The van der Waals surface area contributed by atoms with Crippen LogP contribution in [0.3, 0.4) is 0 Å². The van der Waals surface area contributed by atoms with E-state index < -0.39 is 12.1 Å². The highest BCUT2D eigenvalue weighted by atomic mass is 32.1. The second-order valence-corrected chi connectivity index (χ2v) is 9.23. The van der Waals surface area contributed by atoms with Gasteiger partial charge < -0.3 is 9.84 Å². The summed E-state index contributed by atoms with van der Waals surface area (Å²) in [4.78, 5) is 19.4. The van der Waals surface area contributed by atoms with Crippen LogP contribution in [0.15, 0.2) is 6.58 Å². The number of carboxylic acids is 1. The van der Waals surface area contributed by atoms with Crippen molar-refractivity contribution >= 4 is 57.0 Å². The van der Waals surface area contributed by atoms with Gasteiger partial charge in [0.2, 0.25) is 0 Å². The van der Waals surface area contributed by atoms with Crippen molar-refractivity contribution in [1.82, 2.24) is 13.7 Å². The predicted molar refractivity (Wildman–Crippen MR) is 127 cm³/mol. The van der Waals surface area contributed by atoms with Crippen molar-refractivity contribution in [3.8, 4) is 0 Å². The fourth-order valence-corrected chi connectivity index (χ4v) is 6.16. The molecule has 0 aromatic carbocycles. The van der Waals surface area contributed by atoms with Crippen LogP contribution in [0.25, 0.3) is 27.9 Å². The number of rotatable bonds is 7. The summed E-state index contributed by atoms with van der Waals surface area (Å²) in [6.45, 7) is 9.80. The fraction of sp³-hybridized carbons (Fsp3) is 0.391. The summed E-state index contributed by atoms with van der Waals surface area (Å²) in [5, 5.41) is 11.1. The quantitative estimate of drug-likeness (QED) is 0.492. The third-order valence-corrected chi connectivity index (χ3v) is 7.37. The van der Waals surface area contributed by atoms with E-state index in [0.29, 0.717) is 17.9 Å². The number of hydrogen-bond acceptors (Lipinski definition) is 7. The van der Waals surface area contributed by atoms with E-state index in [9.17, 15) is 9.90 Å². The van der Waals surface area contributed by atoms with Gasteiger partial charge in [-0.25, -0.2) is 9.78 Å². The number of aliphatic carboxylic acids is 1. The monoisotopic (exact) mass is 455 g/mol. The van der Waals surface area contributed by atoms with Crippen molar-refractivity contribution in [2.75, 3.05) is 6.61 Å². The number of carboxylic acid groups (broad SMARTS) is 1. The maximum Gasteiger partial charge on any atom is 0.337 e. The Morgan fingerprint density at radius 1 is 1.29 bits per heavy atom. The molecule has 0 amide bonds. The van der Waals surface area contributed by atoms with Gasteiger partial charge in [0.15, 0.2) is 6.10 Å². The SMILES string of the molecule is C=Cc1nsnc1/C=C(\C)c1c(C(OCC)C(=O)O)c(C)nc2sc3c(c12)CCCC3. The molecule has 1 aliphatic rings. The minimum absolute atomic E-state index is 0.301. The van der Waals surface area contributed by atoms with E-state index in [1.54, 1.807) is 17.4 Å². The second kappa shape index (κ2) is 8.98. The van der Waals surface area contributed by atoms with Gasteiger partial charge >= 0.3 is 5.97 Å². The van der Waals surface area contributed by atoms with E-state index in [1.807, 2.05) is 26.8 Å². The number of allylic oxidation sites excluding steroid dienone is 1. The molecule has 0 aliphatic heterocycles. The molecular formula is C23H25N3O3S2. The molecule has 1 atom stereocenters. The van der Waals surface area contributed by atoms with Crippen LogP contribution in [0.1, 0.15) is 71.4 Å². The Balaban J connectivity index is 2.05. The molecular weight excluding hydrogens is 430 g/mol. The minimum atomic E-state index is -1.08. The molecule has 0 saturated carbocycles. The molecule has 31 heavy (non-hydrogen) atoms. The number of aromatic nitrogens is 3. The van der Waals surface area contributed by atoms with E-state index in [1.165, 1.54) is 16.9 Å². The predicted octanol–water partition coefficient (Wildman–Crippen LogP) is 5.70. The Hall–Kier alpha value is -2.42. The zero-order valence-corrected chi connectivity index (χ0v) is 19.5. The summed E-state index contributed by atoms with van der Waals surface area (Å²) in [6.07, 6.45) is 6.93. The lowest BCUT2D eigenvalue weighted by Crippen LogP contribution is -2.19. The lowest BCUT2D eigenvalue weighted by Gasteiger charge is -2.21. The summed E-state index contributed by atoms with van der Waals surface area (Å²) in [7, 11) is 0. The van der Waals surface area contributed by atoms with Crippen molar-refractivity contribution < 1.29 is 14.6 Å². The zero-order valence-electron chi connectivity index (χ0n) is 17.9. The van der Waals surface area contributed by atoms with Crippen LogP contribution in [-0.2, 0) is 22.4 Å². The molecule has 3 aromatic rings. The van der Waals surface area contributed by atoms with E-state index in [2.05, 4.69) is 15.3 Å². The lowest BCUT2D eigenvalue weighted by molar-refractivity contribution is -0.150. The van der Waals surface area contributed by atoms with E-state index >= 15 is 0 Å². The smallest absolute Gasteiger partial charge is 0.337 e. The highest BCUT2D eigenvalue weighted by Crippen LogP contribution is 2.43. The molecule has 0 fully saturated rings. The number of thiophene rings is 1. The number of fused-ring (bicyclic) bond motifs is 3. The first-order chi connectivity index (χ1) is 15.0. The molecule has 6 nitrogen and oxygen atoms in total. The summed E-state index contributed by atoms with van der Waals surface area (Å²) in [5.74, 6) is -1.01. The van der Waals surface area contributed by atoms with Crippen LogP contribution in [-0.4, -0.2) is 31.4 Å². The normalized spacial score (nSPS) is 15.1. The summed E-state index contributed by atoms with van der Waals surface area (Å²) in [6, 6.07) is 0. The molecule has 0 bridgehead atoms. The first-order valence-electron chi connectivity index (χ1n) is 10.4. The van der Waals surface area contributed by atoms with Gasteiger partial charge in [-0.2, -0.15) is 8.75 Å². The molecule has 8 heteroatoms. The molecule has 0 spiro atoms. The second-order valence-electron chi connectivity index (χ2n) is 7.62. The van der Waals surface area contributed by atoms with Gasteiger partial charge in [0, 0.05) is 28.1 Å². The van der Waals surface area contributed by atoms with E-state index in [0.717, 1.165) is 63.7 Å². The van der Waals surface area contributed by atoms with Gasteiger partial charge in [0.25, 0.3) is 0 Å². The van der Waals surface area contributed by atoms with Gasteiger partial charge in [-0.1, -0.05) is 6.58 Å². The third-order valence-electron chi connectivity index (χ3n) is 5.63. The number of carbonyl (C=O) groups is 1. The summed E-state index contributed by atoms with van der Waals surface area (Å²) < 4.78 is 14.4. The lowest BCUT2D eigenvalue weighted by atomic mass is 9.88. The zero-order chi connectivity index (χ0) is 22.1. The van der Waals surface area contributed by atoms with Crippen molar-refractivity contribution in [2.45, 2.75) is 52.6 Å². The van der Waals surface area contributed by atoms with Crippen LogP contribution in [0, 0.1) is 6.92 Å². The standard InChI is InChI=1S/C23H25N3O3S2/c1-5-15-16(26-31-25-15)11-12(3)18-19(21(23(27)28)29-6-2)13(4)24-22-20(18)14-9-7-8-10-17(14)30-22/h5,11,21H,1,6-10H2,2-4H3,(H,27,28)/b12-11+. The largest absolute Gasteiger partial charge is 0.479 e. The first-order valence-corrected chi connectivity index (χ1v) is 11.9. The summed E-state index contributed by atoms with van der Waals surface area (Å²) >= 11 is 2.87. The van der Waals surface area contributed by atoms with Gasteiger partial charge in [-0.15, -0.1) is 11.3 Å². The van der Waals surface area contributed by atoms with Crippen molar-refractivity contribution in [2.24, 2.45) is 0 Å². The van der Waals surface area contributed by atoms with Gasteiger partial charge in [-0.05, 0) is 75.3 Å². The van der Waals surface area contributed by atoms with Crippen LogP contribution in [0.5, 0.6) is 0 Å². The Morgan fingerprint density at radius 3 is 2.74 bits per heavy atom. The van der Waals surface area contributed by atoms with E-state index in [-0.39, 0.29) is 0 Å². The number of aryl methyl sites for hydroxylation is 3. The van der Waals surface area contributed by atoms with Gasteiger partial charge in [0.05, 0.1) is 11.7 Å². The highest BCUT2D eigenvalue weighted by Gasteiger charge is 2.31. The third kappa shape index (κ3) is 3.95. The Labute approximate surface area is 189 Å². The molecule has 1 N–H and O–H groups in total. The maximum atomic E-state index is 12.2. The molecule has 3 aromatic heterocycles. The molecule has 4 rings (SSSR count). The Kier molecular flexibility index (Phi) is 6.31. The van der Waals surface area contributed by atoms with Gasteiger partial charge in [0.1, 0.15) is 16.2 Å². The topological polar surface area (TPSA) is 85.2 Å². The van der Waals surface area contributed by atoms with Crippen molar-refractivity contribution in [3.05, 3.63) is 45.2 Å². The van der Waals surface area contributed by atoms with E-state index in [4.69, 9.17) is 9.72 Å². The molecule has 162 valence electrons. The number of pyridine rings is 1. The molecule has 1 unspecified atom stereocenters. The first kappa shape index (κ1) is 21.8. The average molecular weight is 456 g/mol. The minimum Gasteiger partial charge on any atom is -0.479 e. The highest BCUT2D eigenvalue weighted by molar-refractivity contribution is 7.18. The Morgan fingerprint density at radius 2 is 2.03 bits per heavy atom. The van der Waals surface area contributed by atoms with Crippen molar-refractivity contribution in [1.29, 1.82) is 0 Å². The molecule has 0 radical (unpaired) electrons. The average Bonchev–Trinajstić information content (AvgIpc) is 3.34. The van der Waals surface area contributed by atoms with Crippen LogP contribution in [0.2, 0.25) is 0 Å². The molecule has 0 saturated heterocycles. The Bertz CT molecular complexity index is 1190. The summed E-state index contributed by atoms with van der Waals surface area (Å²) in [5.41, 5.74) is 5.92. The molecule has 3 heterocycles. The van der Waals surface area contributed by atoms with Crippen LogP contribution < -0.4 is 0 Å². The van der Waals surface area contributed by atoms with Crippen LogP contribution >= 0.6 is 23.1 Å². The number of nitrogens with zero attached hydrogens (tertiary/aromatic N) is 3. The van der Waals surface area contributed by atoms with Crippen LogP contribution in [0.4, 0.5) is 0 Å². The maximum absolute atomic E-state index is 12.2. The number of ether oxygens (including phenoxy) is 1. The molecule has 1 aliphatic carbocycles. The van der Waals surface area contributed by atoms with Crippen molar-refractivity contribution in [3.63, 3.8) is 0 Å².